The summed E-state index contributed by atoms with van der Waals surface area (Å²) in [5.74, 6) is 0.854. The molecule has 0 bridgehead atoms. The molecule has 2 fully saturated rings. The van der Waals surface area contributed by atoms with E-state index in [1.807, 2.05) is 37.3 Å². The van der Waals surface area contributed by atoms with Crippen molar-refractivity contribution in [2.75, 3.05) is 13.7 Å². The zero-order valence-electron chi connectivity index (χ0n) is 19.1. The summed E-state index contributed by atoms with van der Waals surface area (Å²) in [5.41, 5.74) is 3.98. The van der Waals surface area contributed by atoms with Gasteiger partial charge in [-0.3, -0.25) is 0 Å². The predicted octanol–water partition coefficient (Wildman–Crippen LogP) is 2.05. The van der Waals surface area contributed by atoms with Gasteiger partial charge >= 0.3 is 0 Å². The molecule has 0 amide bonds. The number of rotatable bonds is 7. The minimum atomic E-state index is -1.39. The number of aryl methyl sites for hydroxylation is 1. The highest BCUT2D eigenvalue weighted by molar-refractivity contribution is 5.38. The first-order valence-corrected chi connectivity index (χ1v) is 11.6. The first kappa shape index (κ1) is 24.1. The molecule has 33 heavy (non-hydrogen) atoms. The smallest absolute Gasteiger partial charge is 0.119 e. The van der Waals surface area contributed by atoms with Crippen LogP contribution in [-0.2, 0) is 15.9 Å². The van der Waals surface area contributed by atoms with Crippen molar-refractivity contribution in [3.05, 3.63) is 64.7 Å². The third kappa shape index (κ3) is 5.40. The number of aliphatic hydroxyl groups is 4. The lowest BCUT2D eigenvalue weighted by Crippen LogP contribution is -2.55. The highest BCUT2D eigenvalue weighted by Gasteiger charge is 2.44. The zero-order chi connectivity index (χ0) is 23.5. The van der Waals surface area contributed by atoms with E-state index in [9.17, 15) is 20.4 Å². The summed E-state index contributed by atoms with van der Waals surface area (Å²) in [4.78, 5) is 0. The van der Waals surface area contributed by atoms with Crippen LogP contribution >= 0.6 is 0 Å². The van der Waals surface area contributed by atoms with E-state index >= 15 is 0 Å². The topological polar surface area (TPSA) is 109 Å². The Balaban J connectivity index is 1.45. The molecular formula is C26H34O7. The summed E-state index contributed by atoms with van der Waals surface area (Å²) in [7, 11) is 1.75. The van der Waals surface area contributed by atoms with Crippen LogP contribution in [-0.4, -0.2) is 70.8 Å². The normalized spacial score (nSPS) is 32.1. The number of benzene rings is 2. The van der Waals surface area contributed by atoms with Crippen LogP contribution in [0.2, 0.25) is 0 Å². The van der Waals surface area contributed by atoms with Crippen molar-refractivity contribution in [3.63, 3.8) is 0 Å². The molecule has 7 atom stereocenters. The van der Waals surface area contributed by atoms with E-state index in [1.165, 1.54) is 0 Å². The number of hydrogen-bond donors (Lipinski definition) is 4. The molecule has 1 saturated heterocycles. The second kappa shape index (κ2) is 10.5. The average molecular weight is 459 g/mol. The third-order valence-electron chi connectivity index (χ3n) is 6.88. The molecule has 4 N–H and O–H groups in total. The fourth-order valence-electron chi connectivity index (χ4n) is 4.76. The van der Waals surface area contributed by atoms with Gasteiger partial charge in [0.1, 0.15) is 42.4 Å². The Morgan fingerprint density at radius 1 is 0.939 bits per heavy atom. The van der Waals surface area contributed by atoms with Gasteiger partial charge in [0.15, 0.2) is 0 Å². The maximum absolute atomic E-state index is 10.5. The van der Waals surface area contributed by atoms with Gasteiger partial charge in [-0.15, -0.1) is 0 Å². The van der Waals surface area contributed by atoms with Gasteiger partial charge in [-0.05, 0) is 60.6 Å². The highest BCUT2D eigenvalue weighted by Crippen LogP contribution is 2.34. The standard InChI is InChI=1S/C26H34O7/c1-15-3-6-17(26-25(30)24(29)23(28)22(14-27)33-26)12-18(15)11-16-4-7-19(8-5-16)32-21-10-9-20(13-21)31-2/h3-8,12,20-30H,9-11,13-14H2,1-2H3/t20?,21?,22-,23-,24?,25-,26+/m1/s1. The monoisotopic (exact) mass is 458 g/mol. The molecule has 7 heteroatoms. The fraction of sp³-hybridized carbons (Fsp3) is 0.538. The molecule has 1 heterocycles. The Hall–Kier alpha value is -2.00. The minimum absolute atomic E-state index is 0.193. The van der Waals surface area contributed by atoms with Gasteiger partial charge in [0.25, 0.3) is 0 Å². The van der Waals surface area contributed by atoms with Crippen LogP contribution < -0.4 is 4.74 Å². The second-order valence-corrected chi connectivity index (χ2v) is 9.17. The van der Waals surface area contributed by atoms with E-state index in [0.29, 0.717) is 12.0 Å². The van der Waals surface area contributed by atoms with E-state index in [2.05, 4.69) is 12.1 Å². The van der Waals surface area contributed by atoms with E-state index in [-0.39, 0.29) is 12.2 Å². The summed E-state index contributed by atoms with van der Waals surface area (Å²) in [6.07, 6.45) is -1.69. The van der Waals surface area contributed by atoms with Crippen LogP contribution in [0.3, 0.4) is 0 Å². The Labute approximate surface area is 194 Å². The second-order valence-electron chi connectivity index (χ2n) is 9.17. The van der Waals surface area contributed by atoms with Crippen LogP contribution in [0, 0.1) is 6.92 Å². The van der Waals surface area contributed by atoms with Gasteiger partial charge in [0.05, 0.1) is 12.7 Å². The van der Waals surface area contributed by atoms with Crippen molar-refractivity contribution in [1.82, 2.24) is 0 Å². The molecule has 2 aromatic rings. The Morgan fingerprint density at radius 3 is 2.33 bits per heavy atom. The zero-order valence-corrected chi connectivity index (χ0v) is 19.1. The Bertz CT molecular complexity index is 913. The van der Waals surface area contributed by atoms with Crippen LogP contribution in [0.15, 0.2) is 42.5 Å². The lowest BCUT2D eigenvalue weighted by molar-refractivity contribution is -0.231. The number of methoxy groups -OCH3 is 1. The molecule has 1 aliphatic heterocycles. The van der Waals surface area contributed by atoms with Crippen LogP contribution in [0.1, 0.15) is 47.6 Å². The molecule has 2 aromatic carbocycles. The molecule has 1 aliphatic carbocycles. The molecule has 4 rings (SSSR count). The largest absolute Gasteiger partial charge is 0.490 e. The molecule has 2 aliphatic rings. The molecular weight excluding hydrogens is 424 g/mol. The van der Waals surface area contributed by atoms with Crippen molar-refractivity contribution >= 4 is 0 Å². The quantitative estimate of drug-likeness (QED) is 0.503. The fourth-order valence-corrected chi connectivity index (χ4v) is 4.76. The van der Waals surface area contributed by atoms with E-state index in [1.54, 1.807) is 7.11 Å². The summed E-state index contributed by atoms with van der Waals surface area (Å²) >= 11 is 0. The number of aliphatic hydroxyl groups excluding tert-OH is 4. The Morgan fingerprint density at radius 2 is 1.67 bits per heavy atom. The summed E-state index contributed by atoms with van der Waals surface area (Å²) in [6, 6.07) is 13.8. The maximum Gasteiger partial charge on any atom is 0.119 e. The van der Waals surface area contributed by atoms with Gasteiger partial charge in [0, 0.05) is 13.5 Å². The first-order chi connectivity index (χ1) is 15.9. The molecule has 0 spiro atoms. The van der Waals surface area contributed by atoms with Gasteiger partial charge in [-0.1, -0.05) is 30.3 Å². The van der Waals surface area contributed by atoms with Crippen molar-refractivity contribution in [3.8, 4) is 5.75 Å². The lowest BCUT2D eigenvalue weighted by Gasteiger charge is -2.40. The number of ether oxygens (including phenoxy) is 3. The van der Waals surface area contributed by atoms with Crippen LogP contribution in [0.5, 0.6) is 5.75 Å². The maximum atomic E-state index is 10.5. The molecule has 0 aromatic heterocycles. The molecule has 3 unspecified atom stereocenters. The molecule has 0 radical (unpaired) electrons. The highest BCUT2D eigenvalue weighted by atomic mass is 16.5. The predicted molar refractivity (Wildman–Crippen MR) is 122 cm³/mol. The van der Waals surface area contributed by atoms with E-state index in [0.717, 1.165) is 41.7 Å². The van der Waals surface area contributed by atoms with Crippen LogP contribution in [0.4, 0.5) is 0 Å². The third-order valence-corrected chi connectivity index (χ3v) is 6.88. The van der Waals surface area contributed by atoms with Gasteiger partial charge < -0.3 is 34.6 Å². The first-order valence-electron chi connectivity index (χ1n) is 11.6. The van der Waals surface area contributed by atoms with Gasteiger partial charge in [0.2, 0.25) is 0 Å². The summed E-state index contributed by atoms with van der Waals surface area (Å²) < 4.78 is 17.2. The van der Waals surface area contributed by atoms with E-state index in [4.69, 9.17) is 14.2 Å². The molecule has 1 saturated carbocycles. The van der Waals surface area contributed by atoms with Crippen molar-refractivity contribution in [2.45, 2.75) is 75.3 Å². The summed E-state index contributed by atoms with van der Waals surface area (Å²) in [5, 5.41) is 40.1. The summed E-state index contributed by atoms with van der Waals surface area (Å²) in [6.45, 7) is 1.58. The minimum Gasteiger partial charge on any atom is -0.490 e. The number of hydrogen-bond acceptors (Lipinski definition) is 7. The van der Waals surface area contributed by atoms with Gasteiger partial charge in [-0.25, -0.2) is 0 Å². The molecule has 180 valence electrons. The Kier molecular flexibility index (Phi) is 7.69. The van der Waals surface area contributed by atoms with Crippen molar-refractivity contribution < 1.29 is 34.6 Å². The van der Waals surface area contributed by atoms with E-state index < -0.39 is 37.1 Å². The lowest BCUT2D eigenvalue weighted by atomic mass is 9.89. The van der Waals surface area contributed by atoms with Crippen molar-refractivity contribution in [2.24, 2.45) is 0 Å². The van der Waals surface area contributed by atoms with Crippen molar-refractivity contribution in [1.29, 1.82) is 0 Å². The SMILES string of the molecule is COC1CCC(Oc2ccc(Cc3cc([C@@H]4O[C@H](CO)[C@@H](O)C(O)[C@H]4O)ccc3C)cc2)C1. The van der Waals surface area contributed by atoms with Crippen LogP contribution in [0.25, 0.3) is 0 Å². The van der Waals surface area contributed by atoms with Gasteiger partial charge in [-0.2, -0.15) is 0 Å². The molecule has 7 nitrogen and oxygen atoms in total. The average Bonchev–Trinajstić information content (AvgIpc) is 3.28.